The zero-order valence-electron chi connectivity index (χ0n) is 14.0. The minimum atomic E-state index is -0.736. The monoisotopic (exact) mass is 282 g/mol. The Morgan fingerprint density at radius 2 is 2.00 bits per heavy atom. The topological polar surface area (TPSA) is 53.3 Å². The van der Waals surface area contributed by atoms with E-state index in [0.29, 0.717) is 13.1 Å². The highest BCUT2D eigenvalue weighted by molar-refractivity contribution is 5.27. The first kappa shape index (κ1) is 17.1. The number of aromatic nitrogens is 2. The molecule has 0 spiro atoms. The molecule has 20 heavy (non-hydrogen) atoms. The molecule has 2 atom stereocenters. The van der Waals surface area contributed by atoms with E-state index in [1.807, 2.05) is 37.5 Å². The number of aliphatic hydroxyl groups is 1. The highest BCUT2D eigenvalue weighted by Crippen LogP contribution is 2.21. The molecule has 1 rings (SSSR count). The van der Waals surface area contributed by atoms with Gasteiger partial charge in [-0.3, -0.25) is 4.68 Å². The molecule has 2 unspecified atom stereocenters. The van der Waals surface area contributed by atoms with Crippen LogP contribution in [-0.4, -0.2) is 52.6 Å². The molecule has 0 fully saturated rings. The van der Waals surface area contributed by atoms with Gasteiger partial charge in [-0.15, -0.1) is 0 Å². The molecule has 0 amide bonds. The first-order valence-electron chi connectivity index (χ1n) is 7.32. The van der Waals surface area contributed by atoms with Crippen LogP contribution in [0.25, 0.3) is 0 Å². The lowest BCUT2D eigenvalue weighted by atomic mass is 10.0. The molecule has 5 nitrogen and oxygen atoms in total. The van der Waals surface area contributed by atoms with Crippen molar-refractivity contribution in [3.63, 3.8) is 0 Å². The van der Waals surface area contributed by atoms with Gasteiger partial charge in [-0.05, 0) is 48.7 Å². The zero-order chi connectivity index (χ0) is 15.5. The summed E-state index contributed by atoms with van der Waals surface area (Å²) < 4.78 is 2.03. The first-order valence-corrected chi connectivity index (χ1v) is 7.32. The molecule has 0 bridgehead atoms. The molecule has 0 saturated heterocycles. The van der Waals surface area contributed by atoms with Crippen molar-refractivity contribution < 1.29 is 5.11 Å². The van der Waals surface area contributed by atoms with Crippen LogP contribution in [0, 0.1) is 13.8 Å². The average molecular weight is 282 g/mol. The van der Waals surface area contributed by atoms with Crippen molar-refractivity contribution in [2.24, 2.45) is 0 Å². The Bertz CT molecular complexity index is 437. The summed E-state index contributed by atoms with van der Waals surface area (Å²) >= 11 is 0. The summed E-state index contributed by atoms with van der Waals surface area (Å²) in [4.78, 5) is 2.00. The first-order chi connectivity index (χ1) is 9.18. The van der Waals surface area contributed by atoms with Crippen molar-refractivity contribution in [1.82, 2.24) is 20.0 Å². The Labute approximate surface area is 123 Å². The molecule has 0 aromatic carbocycles. The van der Waals surface area contributed by atoms with Crippen molar-refractivity contribution >= 4 is 0 Å². The van der Waals surface area contributed by atoms with Crippen LogP contribution in [0.4, 0.5) is 0 Å². The number of likely N-dealkylation sites (N-methyl/N-ethyl adjacent to an activating group) is 1. The largest absolute Gasteiger partial charge is 0.388 e. The minimum absolute atomic E-state index is 0.184. The van der Waals surface area contributed by atoms with Gasteiger partial charge in [0.05, 0.1) is 11.3 Å². The lowest BCUT2D eigenvalue weighted by molar-refractivity contribution is 0.0317. The number of nitrogens with zero attached hydrogens (tertiary/aromatic N) is 3. The maximum Gasteiger partial charge on any atom is 0.0869 e. The van der Waals surface area contributed by atoms with Crippen molar-refractivity contribution in [2.45, 2.75) is 52.8 Å². The van der Waals surface area contributed by atoms with E-state index < -0.39 is 5.60 Å². The third-order valence-corrected chi connectivity index (χ3v) is 3.62. The highest BCUT2D eigenvalue weighted by atomic mass is 16.3. The van der Waals surface area contributed by atoms with E-state index in [-0.39, 0.29) is 6.04 Å². The van der Waals surface area contributed by atoms with Gasteiger partial charge >= 0.3 is 0 Å². The number of hydrogen-bond donors (Lipinski definition) is 2. The fraction of sp³-hybridized carbons (Fsp3) is 0.800. The summed E-state index contributed by atoms with van der Waals surface area (Å²) in [5, 5.41) is 18.3. The van der Waals surface area contributed by atoms with Gasteiger partial charge in [0.1, 0.15) is 0 Å². The predicted octanol–water partition coefficient (Wildman–Crippen LogP) is 1.48. The Morgan fingerprint density at radius 1 is 1.40 bits per heavy atom. The molecule has 2 N–H and O–H groups in total. The average Bonchev–Trinajstić information content (AvgIpc) is 2.60. The highest BCUT2D eigenvalue weighted by Gasteiger charge is 2.24. The molecule has 1 aromatic heterocycles. The fourth-order valence-corrected chi connectivity index (χ4v) is 2.86. The summed E-state index contributed by atoms with van der Waals surface area (Å²) in [6.45, 7) is 12.3. The van der Waals surface area contributed by atoms with E-state index in [2.05, 4.69) is 31.2 Å². The lowest BCUT2D eigenvalue weighted by Gasteiger charge is -2.29. The normalized spacial score (nSPS) is 16.4. The predicted molar refractivity (Wildman–Crippen MR) is 83.0 cm³/mol. The maximum atomic E-state index is 10.3. The number of hydrogen-bond acceptors (Lipinski definition) is 4. The Balaban J connectivity index is 2.72. The van der Waals surface area contributed by atoms with Crippen LogP contribution < -0.4 is 5.32 Å². The van der Waals surface area contributed by atoms with E-state index in [9.17, 15) is 5.11 Å². The van der Waals surface area contributed by atoms with E-state index in [1.165, 1.54) is 11.3 Å². The van der Waals surface area contributed by atoms with Crippen molar-refractivity contribution in [1.29, 1.82) is 0 Å². The van der Waals surface area contributed by atoms with Crippen molar-refractivity contribution in [3.8, 4) is 0 Å². The van der Waals surface area contributed by atoms with Gasteiger partial charge < -0.3 is 15.3 Å². The second-order valence-electron chi connectivity index (χ2n) is 6.24. The van der Waals surface area contributed by atoms with E-state index in [0.717, 1.165) is 12.2 Å². The molecule has 0 aliphatic rings. The van der Waals surface area contributed by atoms with Crippen LogP contribution >= 0.6 is 0 Å². The Kier molecular flexibility index (Phi) is 5.74. The molecule has 1 heterocycles. The molecule has 0 radical (unpaired) electrons. The number of rotatable bonds is 7. The number of aryl methyl sites for hydroxylation is 2. The molecule has 0 aliphatic carbocycles. The van der Waals surface area contributed by atoms with Crippen molar-refractivity contribution in [3.05, 3.63) is 17.0 Å². The minimum Gasteiger partial charge on any atom is -0.388 e. The fourth-order valence-electron chi connectivity index (χ4n) is 2.86. The van der Waals surface area contributed by atoms with Gasteiger partial charge in [0, 0.05) is 36.9 Å². The van der Waals surface area contributed by atoms with E-state index in [1.54, 1.807) is 0 Å². The van der Waals surface area contributed by atoms with Gasteiger partial charge in [-0.25, -0.2) is 0 Å². The quantitative estimate of drug-likeness (QED) is 0.795. The van der Waals surface area contributed by atoms with Crippen LogP contribution in [0.5, 0.6) is 0 Å². The molecule has 0 saturated carbocycles. The molecule has 1 aromatic rings. The second kappa shape index (κ2) is 6.70. The van der Waals surface area contributed by atoms with Crippen LogP contribution in [0.3, 0.4) is 0 Å². The Hall–Kier alpha value is -0.910. The van der Waals surface area contributed by atoms with Crippen LogP contribution in [0.1, 0.15) is 43.8 Å². The zero-order valence-corrected chi connectivity index (χ0v) is 14.0. The summed E-state index contributed by atoms with van der Waals surface area (Å²) in [6.07, 6.45) is 0. The van der Waals surface area contributed by atoms with Crippen molar-refractivity contribution in [2.75, 3.05) is 27.2 Å². The molecule has 0 aliphatic heterocycles. The molecule has 5 heteroatoms. The summed E-state index contributed by atoms with van der Waals surface area (Å²) in [5.41, 5.74) is 2.78. The van der Waals surface area contributed by atoms with Gasteiger partial charge in [0.2, 0.25) is 0 Å². The second-order valence-corrected chi connectivity index (χ2v) is 6.24. The number of nitrogens with one attached hydrogen (secondary N) is 1. The van der Waals surface area contributed by atoms with Gasteiger partial charge in [-0.2, -0.15) is 5.10 Å². The SMILES string of the molecule is CCn1nc(C)c(C(C)NCC(C)(O)CN(C)C)c1C. The van der Waals surface area contributed by atoms with Crippen LogP contribution in [-0.2, 0) is 6.54 Å². The van der Waals surface area contributed by atoms with E-state index >= 15 is 0 Å². The smallest absolute Gasteiger partial charge is 0.0869 e. The standard InChI is InChI=1S/C15H30N4O/c1-8-19-13(4)14(12(3)17-19)11(2)16-9-15(5,20)10-18(6)7/h11,16,20H,8-10H2,1-7H3. The van der Waals surface area contributed by atoms with Gasteiger partial charge in [0.25, 0.3) is 0 Å². The van der Waals surface area contributed by atoms with Gasteiger partial charge in [0.15, 0.2) is 0 Å². The maximum absolute atomic E-state index is 10.3. The molecular formula is C15H30N4O. The summed E-state index contributed by atoms with van der Waals surface area (Å²) in [5.74, 6) is 0. The van der Waals surface area contributed by atoms with E-state index in [4.69, 9.17) is 0 Å². The Morgan fingerprint density at radius 3 is 2.45 bits per heavy atom. The molecule has 116 valence electrons. The third kappa shape index (κ3) is 4.30. The van der Waals surface area contributed by atoms with Crippen LogP contribution in [0.2, 0.25) is 0 Å². The molecular weight excluding hydrogens is 252 g/mol. The lowest BCUT2D eigenvalue weighted by Crippen LogP contribution is -2.46. The van der Waals surface area contributed by atoms with Crippen LogP contribution in [0.15, 0.2) is 0 Å². The van der Waals surface area contributed by atoms with Gasteiger partial charge in [-0.1, -0.05) is 0 Å². The summed E-state index contributed by atoms with van der Waals surface area (Å²) in [7, 11) is 3.94. The third-order valence-electron chi connectivity index (χ3n) is 3.62. The summed E-state index contributed by atoms with van der Waals surface area (Å²) in [6, 6.07) is 0.184.